The highest BCUT2D eigenvalue weighted by Crippen LogP contribution is 2.40. The molecular formula is C16H29NO3. The maximum Gasteiger partial charge on any atom is 0.310 e. The van der Waals surface area contributed by atoms with Crippen LogP contribution in [-0.2, 0) is 9.53 Å². The van der Waals surface area contributed by atoms with E-state index in [-0.39, 0.29) is 0 Å². The summed E-state index contributed by atoms with van der Waals surface area (Å²) in [7, 11) is 0. The number of likely N-dealkylation sites (tertiary alicyclic amines) is 1. The quantitative estimate of drug-likeness (QED) is 0.843. The van der Waals surface area contributed by atoms with E-state index in [2.05, 4.69) is 11.8 Å². The van der Waals surface area contributed by atoms with Crippen LogP contribution < -0.4 is 0 Å². The summed E-state index contributed by atoms with van der Waals surface area (Å²) in [6.07, 6.45) is 6.29. The molecular weight excluding hydrogens is 254 g/mol. The summed E-state index contributed by atoms with van der Waals surface area (Å²) >= 11 is 0. The second kappa shape index (κ2) is 6.90. The first kappa shape index (κ1) is 15.8. The Morgan fingerprint density at radius 1 is 1.35 bits per heavy atom. The van der Waals surface area contributed by atoms with Gasteiger partial charge in [-0.15, -0.1) is 0 Å². The van der Waals surface area contributed by atoms with Gasteiger partial charge < -0.3 is 9.84 Å². The molecule has 0 spiro atoms. The Hall–Kier alpha value is -0.610. The number of hydrogen-bond donors (Lipinski definition) is 1. The van der Waals surface area contributed by atoms with Crippen molar-refractivity contribution in [1.29, 1.82) is 0 Å². The Morgan fingerprint density at radius 2 is 2.05 bits per heavy atom. The molecule has 2 rings (SSSR count). The van der Waals surface area contributed by atoms with Crippen molar-refractivity contribution < 1.29 is 14.6 Å². The van der Waals surface area contributed by atoms with E-state index in [1.54, 1.807) is 0 Å². The summed E-state index contributed by atoms with van der Waals surface area (Å²) in [5, 5.41) is 9.72. The van der Waals surface area contributed by atoms with Gasteiger partial charge in [-0.1, -0.05) is 6.92 Å². The minimum absolute atomic E-state index is 0.294. The monoisotopic (exact) mass is 283 g/mol. The number of aliphatic carboxylic acids is 1. The third-order valence-corrected chi connectivity index (χ3v) is 5.08. The fraction of sp³-hybridized carbons (Fsp3) is 0.938. The van der Waals surface area contributed by atoms with Gasteiger partial charge in [0.1, 0.15) is 0 Å². The van der Waals surface area contributed by atoms with Crippen LogP contribution in [0.25, 0.3) is 0 Å². The molecule has 1 saturated heterocycles. The Balaban J connectivity index is 1.96. The maximum atomic E-state index is 11.8. The maximum absolute atomic E-state index is 11.8. The number of ether oxygens (including phenoxy) is 1. The molecule has 1 saturated carbocycles. The van der Waals surface area contributed by atoms with Gasteiger partial charge in [-0.05, 0) is 57.9 Å². The molecule has 116 valence electrons. The van der Waals surface area contributed by atoms with E-state index in [0.29, 0.717) is 18.6 Å². The van der Waals surface area contributed by atoms with E-state index in [9.17, 15) is 9.90 Å². The highest BCUT2D eigenvalue weighted by Gasteiger charge is 2.43. The number of carboxylic acids is 1. The van der Waals surface area contributed by atoms with E-state index < -0.39 is 11.4 Å². The zero-order chi connectivity index (χ0) is 14.6. The lowest BCUT2D eigenvalue weighted by Gasteiger charge is -2.42. The van der Waals surface area contributed by atoms with Crippen molar-refractivity contribution in [2.24, 2.45) is 11.3 Å². The summed E-state index contributed by atoms with van der Waals surface area (Å²) in [4.78, 5) is 14.1. The van der Waals surface area contributed by atoms with Gasteiger partial charge in [0.25, 0.3) is 0 Å². The molecule has 1 atom stereocenters. The first-order valence-electron chi connectivity index (χ1n) is 8.13. The highest BCUT2D eigenvalue weighted by atomic mass is 16.5. The Labute approximate surface area is 122 Å². The molecule has 2 aliphatic rings. The zero-order valence-corrected chi connectivity index (χ0v) is 12.9. The molecule has 20 heavy (non-hydrogen) atoms. The molecule has 0 amide bonds. The van der Waals surface area contributed by atoms with E-state index in [1.165, 1.54) is 0 Å². The van der Waals surface area contributed by atoms with Gasteiger partial charge in [0.2, 0.25) is 0 Å². The molecule has 1 unspecified atom stereocenters. The molecule has 1 N–H and O–H groups in total. The van der Waals surface area contributed by atoms with Crippen LogP contribution in [0.3, 0.4) is 0 Å². The van der Waals surface area contributed by atoms with Crippen LogP contribution in [0.5, 0.6) is 0 Å². The van der Waals surface area contributed by atoms with E-state index in [0.717, 1.165) is 58.2 Å². The molecule has 1 heterocycles. The summed E-state index contributed by atoms with van der Waals surface area (Å²) in [5.74, 6) is 0.0861. The second-order valence-corrected chi connectivity index (χ2v) is 6.72. The van der Waals surface area contributed by atoms with Gasteiger partial charge in [-0.3, -0.25) is 9.69 Å². The highest BCUT2D eigenvalue weighted by molar-refractivity contribution is 5.75. The third kappa shape index (κ3) is 3.73. The van der Waals surface area contributed by atoms with Crippen molar-refractivity contribution in [3.05, 3.63) is 0 Å². The zero-order valence-electron chi connectivity index (χ0n) is 12.9. The smallest absolute Gasteiger partial charge is 0.310 e. The van der Waals surface area contributed by atoms with Crippen molar-refractivity contribution in [1.82, 2.24) is 4.90 Å². The van der Waals surface area contributed by atoms with Crippen LogP contribution in [0.15, 0.2) is 0 Å². The van der Waals surface area contributed by atoms with Crippen LogP contribution in [0.4, 0.5) is 0 Å². The predicted octanol–water partition coefficient (Wildman–Crippen LogP) is 2.77. The normalized spacial score (nSPS) is 35.9. The molecule has 0 bridgehead atoms. The fourth-order valence-electron chi connectivity index (χ4n) is 3.71. The van der Waals surface area contributed by atoms with Crippen LogP contribution in [0, 0.1) is 11.3 Å². The SMILES string of the molecule is CCOC1CCCN(CC2(C(=O)O)CCC(C)CC2)C1. The molecule has 0 aromatic heterocycles. The number of hydrogen-bond acceptors (Lipinski definition) is 3. The Morgan fingerprint density at radius 3 is 2.65 bits per heavy atom. The first-order chi connectivity index (χ1) is 9.55. The summed E-state index contributed by atoms with van der Waals surface area (Å²) < 4.78 is 5.72. The van der Waals surface area contributed by atoms with E-state index in [1.807, 2.05) is 6.92 Å². The van der Waals surface area contributed by atoms with Crippen molar-refractivity contribution in [3.63, 3.8) is 0 Å². The Kier molecular flexibility index (Phi) is 5.44. The standard InChI is InChI=1S/C16H29NO3/c1-3-20-14-5-4-10-17(11-14)12-16(15(18)19)8-6-13(2)7-9-16/h13-14H,3-12H2,1-2H3,(H,18,19). The van der Waals surface area contributed by atoms with Crippen LogP contribution in [0.2, 0.25) is 0 Å². The summed E-state index contributed by atoms with van der Waals surface area (Å²) in [6, 6.07) is 0. The van der Waals surface area contributed by atoms with Crippen molar-refractivity contribution in [2.75, 3.05) is 26.2 Å². The number of carboxylic acid groups (broad SMARTS) is 1. The number of piperidine rings is 1. The van der Waals surface area contributed by atoms with E-state index >= 15 is 0 Å². The minimum atomic E-state index is -0.595. The summed E-state index contributed by atoms with van der Waals surface area (Å²) in [6.45, 7) is 7.64. The summed E-state index contributed by atoms with van der Waals surface area (Å²) in [5.41, 5.74) is -0.513. The molecule has 1 aliphatic carbocycles. The molecule has 0 aromatic carbocycles. The number of carbonyl (C=O) groups is 1. The molecule has 0 aromatic rings. The first-order valence-corrected chi connectivity index (χ1v) is 8.13. The lowest BCUT2D eigenvalue weighted by molar-refractivity contribution is -0.154. The lowest BCUT2D eigenvalue weighted by atomic mass is 9.70. The van der Waals surface area contributed by atoms with Crippen LogP contribution >= 0.6 is 0 Å². The Bertz CT molecular complexity index is 322. The van der Waals surface area contributed by atoms with Gasteiger partial charge in [0, 0.05) is 19.7 Å². The topological polar surface area (TPSA) is 49.8 Å². The third-order valence-electron chi connectivity index (χ3n) is 5.08. The molecule has 4 nitrogen and oxygen atoms in total. The van der Waals surface area contributed by atoms with Crippen LogP contribution in [0.1, 0.15) is 52.4 Å². The van der Waals surface area contributed by atoms with Gasteiger partial charge in [0.15, 0.2) is 0 Å². The minimum Gasteiger partial charge on any atom is -0.481 e. The van der Waals surface area contributed by atoms with Crippen molar-refractivity contribution in [3.8, 4) is 0 Å². The largest absolute Gasteiger partial charge is 0.481 e. The van der Waals surface area contributed by atoms with Crippen molar-refractivity contribution >= 4 is 5.97 Å². The average Bonchev–Trinajstić information content (AvgIpc) is 2.42. The fourth-order valence-corrected chi connectivity index (χ4v) is 3.71. The van der Waals surface area contributed by atoms with Crippen molar-refractivity contribution in [2.45, 2.75) is 58.5 Å². The van der Waals surface area contributed by atoms with Crippen LogP contribution in [-0.4, -0.2) is 48.3 Å². The second-order valence-electron chi connectivity index (χ2n) is 6.72. The van der Waals surface area contributed by atoms with Gasteiger partial charge in [-0.25, -0.2) is 0 Å². The predicted molar refractivity (Wildman–Crippen MR) is 78.8 cm³/mol. The number of rotatable bonds is 5. The van der Waals surface area contributed by atoms with Gasteiger partial charge in [-0.2, -0.15) is 0 Å². The van der Waals surface area contributed by atoms with E-state index in [4.69, 9.17) is 4.74 Å². The average molecular weight is 283 g/mol. The lowest BCUT2D eigenvalue weighted by Crippen LogP contribution is -2.49. The molecule has 0 radical (unpaired) electrons. The van der Waals surface area contributed by atoms with Gasteiger partial charge in [0.05, 0.1) is 11.5 Å². The molecule has 2 fully saturated rings. The molecule has 4 heteroatoms. The molecule has 1 aliphatic heterocycles. The number of nitrogens with zero attached hydrogens (tertiary/aromatic N) is 1. The van der Waals surface area contributed by atoms with Gasteiger partial charge >= 0.3 is 5.97 Å².